The number of ether oxygens (including phenoxy) is 3. The number of hydrogen-bond donors (Lipinski definition) is 1. The van der Waals surface area contributed by atoms with Crippen LogP contribution in [0.15, 0.2) is 35.7 Å². The molecule has 1 amide bonds. The van der Waals surface area contributed by atoms with Crippen molar-refractivity contribution >= 4 is 34.3 Å². The largest absolute Gasteiger partial charge is 0.497 e. The number of benzene rings is 1. The third kappa shape index (κ3) is 5.59. The molecule has 0 unspecified atom stereocenters. The molecule has 8 heteroatoms. The summed E-state index contributed by atoms with van der Waals surface area (Å²) in [5, 5.41) is 13.6. The summed E-state index contributed by atoms with van der Waals surface area (Å²) < 4.78 is 15.4. The first-order chi connectivity index (χ1) is 13.0. The van der Waals surface area contributed by atoms with Crippen LogP contribution < -0.4 is 14.8 Å². The van der Waals surface area contributed by atoms with Crippen molar-refractivity contribution in [2.45, 2.75) is 13.0 Å². The van der Waals surface area contributed by atoms with E-state index in [0.29, 0.717) is 27.6 Å². The van der Waals surface area contributed by atoms with Crippen molar-refractivity contribution in [1.29, 1.82) is 5.26 Å². The van der Waals surface area contributed by atoms with E-state index in [1.165, 1.54) is 44.6 Å². The van der Waals surface area contributed by atoms with E-state index in [0.717, 1.165) is 0 Å². The molecule has 1 N–H and O–H groups in total. The van der Waals surface area contributed by atoms with E-state index in [9.17, 15) is 9.59 Å². The highest BCUT2D eigenvalue weighted by Gasteiger charge is 2.18. The topological polar surface area (TPSA) is 97.6 Å². The van der Waals surface area contributed by atoms with E-state index < -0.39 is 18.0 Å². The molecule has 7 nitrogen and oxygen atoms in total. The minimum Gasteiger partial charge on any atom is -0.497 e. The molecule has 1 atom stereocenters. The molecule has 0 bridgehead atoms. The van der Waals surface area contributed by atoms with Crippen molar-refractivity contribution in [3.05, 3.63) is 46.8 Å². The van der Waals surface area contributed by atoms with Crippen LogP contribution in [0.3, 0.4) is 0 Å². The van der Waals surface area contributed by atoms with Gasteiger partial charge < -0.3 is 19.5 Å². The van der Waals surface area contributed by atoms with Gasteiger partial charge in [-0.05, 0) is 42.1 Å². The van der Waals surface area contributed by atoms with Crippen molar-refractivity contribution < 1.29 is 23.8 Å². The van der Waals surface area contributed by atoms with Crippen LogP contribution in [0, 0.1) is 11.3 Å². The van der Waals surface area contributed by atoms with E-state index in [4.69, 9.17) is 19.5 Å². The third-order valence-corrected chi connectivity index (χ3v) is 4.30. The van der Waals surface area contributed by atoms with Crippen molar-refractivity contribution in [1.82, 2.24) is 0 Å². The number of thiophene rings is 1. The average Bonchev–Trinajstić information content (AvgIpc) is 3.12. The van der Waals surface area contributed by atoms with E-state index in [1.807, 2.05) is 6.07 Å². The summed E-state index contributed by atoms with van der Waals surface area (Å²) in [5.74, 6) is -0.0245. The highest BCUT2D eigenvalue weighted by Crippen LogP contribution is 2.24. The predicted octanol–water partition coefficient (Wildman–Crippen LogP) is 3.22. The van der Waals surface area contributed by atoms with Gasteiger partial charge in [0.05, 0.1) is 19.8 Å². The Morgan fingerprint density at radius 2 is 1.89 bits per heavy atom. The molecule has 2 aromatic rings. The maximum atomic E-state index is 12.1. The Balaban J connectivity index is 1.97. The van der Waals surface area contributed by atoms with Crippen molar-refractivity contribution in [2.24, 2.45) is 0 Å². The smallest absolute Gasteiger partial charge is 0.331 e. The Morgan fingerprint density at radius 3 is 2.48 bits per heavy atom. The SMILES string of the molecule is COc1cc(/C=C/C(=O)O[C@@H](C)C(=O)Nc2sccc2C#N)cc(OC)c1. The minimum absolute atomic E-state index is 0.360. The molecular formula is C19H18N2O5S. The van der Waals surface area contributed by atoms with Gasteiger partial charge in [0, 0.05) is 12.1 Å². The first kappa shape index (κ1) is 20.0. The van der Waals surface area contributed by atoms with Crippen LogP contribution in [0.4, 0.5) is 5.00 Å². The van der Waals surface area contributed by atoms with Crippen LogP contribution in [-0.2, 0) is 14.3 Å². The van der Waals surface area contributed by atoms with Crippen LogP contribution in [0.1, 0.15) is 18.1 Å². The molecule has 27 heavy (non-hydrogen) atoms. The number of esters is 1. The lowest BCUT2D eigenvalue weighted by Gasteiger charge is -2.11. The summed E-state index contributed by atoms with van der Waals surface area (Å²) in [7, 11) is 3.06. The van der Waals surface area contributed by atoms with Gasteiger partial charge in [-0.15, -0.1) is 11.3 Å². The van der Waals surface area contributed by atoms with Gasteiger partial charge in [0.25, 0.3) is 5.91 Å². The molecule has 0 saturated heterocycles. The molecule has 1 aromatic carbocycles. The number of anilines is 1. The number of nitrogens with one attached hydrogen (secondary N) is 1. The summed E-state index contributed by atoms with van der Waals surface area (Å²) in [6.07, 6.45) is 1.73. The quantitative estimate of drug-likeness (QED) is 0.580. The van der Waals surface area contributed by atoms with Gasteiger partial charge >= 0.3 is 5.97 Å². The molecule has 0 aliphatic rings. The van der Waals surface area contributed by atoms with Crippen LogP contribution in [0.5, 0.6) is 11.5 Å². The molecule has 0 saturated carbocycles. The first-order valence-corrected chi connectivity index (χ1v) is 8.75. The lowest BCUT2D eigenvalue weighted by atomic mass is 10.2. The van der Waals surface area contributed by atoms with Crippen LogP contribution in [0.2, 0.25) is 0 Å². The number of methoxy groups -OCH3 is 2. The Hall–Kier alpha value is -3.31. The van der Waals surface area contributed by atoms with Crippen molar-refractivity contribution in [2.75, 3.05) is 19.5 Å². The number of carbonyl (C=O) groups is 2. The number of hydrogen-bond acceptors (Lipinski definition) is 7. The highest BCUT2D eigenvalue weighted by atomic mass is 32.1. The molecule has 140 valence electrons. The third-order valence-electron chi connectivity index (χ3n) is 3.47. The number of rotatable bonds is 7. The number of carbonyl (C=O) groups excluding carboxylic acids is 2. The zero-order valence-electron chi connectivity index (χ0n) is 15.0. The number of amides is 1. The minimum atomic E-state index is -1.02. The van der Waals surface area contributed by atoms with Gasteiger partial charge in [0.1, 0.15) is 22.6 Å². The van der Waals surface area contributed by atoms with Crippen molar-refractivity contribution in [3.8, 4) is 17.6 Å². The maximum absolute atomic E-state index is 12.1. The second-order valence-electron chi connectivity index (χ2n) is 5.32. The zero-order chi connectivity index (χ0) is 19.8. The Kier molecular flexibility index (Phi) is 6.97. The summed E-state index contributed by atoms with van der Waals surface area (Å²) in [4.78, 5) is 24.1. The van der Waals surface area contributed by atoms with E-state index in [2.05, 4.69) is 5.32 Å². The van der Waals surface area contributed by atoms with Gasteiger partial charge in [-0.2, -0.15) is 5.26 Å². The lowest BCUT2D eigenvalue weighted by Crippen LogP contribution is -2.29. The zero-order valence-corrected chi connectivity index (χ0v) is 15.8. The average molecular weight is 386 g/mol. The molecule has 0 fully saturated rings. The Labute approximate surface area is 160 Å². The van der Waals surface area contributed by atoms with E-state index >= 15 is 0 Å². The molecule has 0 radical (unpaired) electrons. The van der Waals surface area contributed by atoms with Crippen LogP contribution in [-0.4, -0.2) is 32.2 Å². The van der Waals surface area contributed by atoms with Crippen LogP contribution in [0.25, 0.3) is 6.08 Å². The Morgan fingerprint density at radius 1 is 1.22 bits per heavy atom. The highest BCUT2D eigenvalue weighted by molar-refractivity contribution is 7.14. The molecule has 1 aromatic heterocycles. The van der Waals surface area contributed by atoms with Crippen LogP contribution >= 0.6 is 11.3 Å². The summed E-state index contributed by atoms with van der Waals surface area (Å²) in [6.45, 7) is 1.45. The Bertz CT molecular complexity index is 875. The van der Waals surface area contributed by atoms with Gasteiger partial charge in [-0.1, -0.05) is 0 Å². The summed E-state index contributed by atoms with van der Waals surface area (Å²) >= 11 is 1.22. The number of nitrogens with zero attached hydrogens (tertiary/aromatic N) is 1. The maximum Gasteiger partial charge on any atom is 0.331 e. The first-order valence-electron chi connectivity index (χ1n) is 7.87. The fourth-order valence-electron chi connectivity index (χ4n) is 2.06. The monoisotopic (exact) mass is 386 g/mol. The molecule has 0 aliphatic heterocycles. The summed E-state index contributed by atoms with van der Waals surface area (Å²) in [6, 6.07) is 8.73. The standard InChI is InChI=1S/C19H18N2O5S/c1-12(18(23)21-19-14(11-20)6-7-27-19)26-17(22)5-4-13-8-15(24-2)10-16(9-13)25-3/h4-10,12H,1-3H3,(H,21,23)/b5-4+/t12-/m0/s1. The fraction of sp³-hybridized carbons (Fsp3) is 0.211. The van der Waals surface area contributed by atoms with Gasteiger partial charge in [0.2, 0.25) is 0 Å². The molecular weight excluding hydrogens is 368 g/mol. The second-order valence-corrected chi connectivity index (χ2v) is 6.24. The van der Waals surface area contributed by atoms with E-state index in [1.54, 1.807) is 29.6 Å². The fourth-order valence-corrected chi connectivity index (χ4v) is 2.80. The lowest BCUT2D eigenvalue weighted by molar-refractivity contribution is -0.148. The summed E-state index contributed by atoms with van der Waals surface area (Å²) in [5.41, 5.74) is 1.04. The van der Waals surface area contributed by atoms with Gasteiger partial charge in [-0.25, -0.2) is 4.79 Å². The molecule has 0 aliphatic carbocycles. The predicted molar refractivity (Wildman–Crippen MR) is 102 cm³/mol. The molecule has 2 rings (SSSR count). The second kappa shape index (κ2) is 9.40. The molecule has 1 heterocycles. The number of nitriles is 1. The molecule has 0 spiro atoms. The normalized spacial score (nSPS) is 11.5. The van der Waals surface area contributed by atoms with E-state index in [-0.39, 0.29) is 0 Å². The van der Waals surface area contributed by atoms with Crippen molar-refractivity contribution in [3.63, 3.8) is 0 Å². The van der Waals surface area contributed by atoms with Gasteiger partial charge in [-0.3, -0.25) is 4.79 Å². The van der Waals surface area contributed by atoms with Gasteiger partial charge in [0.15, 0.2) is 6.10 Å².